The lowest BCUT2D eigenvalue weighted by atomic mass is 10.1. The summed E-state index contributed by atoms with van der Waals surface area (Å²) < 4.78 is 11.4. The van der Waals surface area contributed by atoms with Crippen LogP contribution < -0.4 is 5.73 Å². The predicted octanol–water partition coefficient (Wildman–Crippen LogP) is 3.43. The van der Waals surface area contributed by atoms with Crippen LogP contribution in [0.2, 0.25) is 5.02 Å². The number of nitrogen functional groups attached to an aromatic ring is 1. The fraction of sp³-hybridized carbons (Fsp3) is 0.353. The molecule has 1 aliphatic heterocycles. The molecule has 2 atom stereocenters. The van der Waals surface area contributed by atoms with Gasteiger partial charge in [-0.25, -0.2) is 0 Å². The van der Waals surface area contributed by atoms with Crippen LogP contribution >= 0.6 is 11.6 Å². The molecule has 1 aliphatic rings. The standard InChI is InChI=1S/C17H19ClN2O3/c1-10-8-20(9-11(2)22-10)17(21)16-6-5-15(23-16)12-3-4-13(18)14(19)7-12/h3-7,10-11H,8-9,19H2,1-2H3/t10-,11-/m0/s1. The number of carbonyl (C=O) groups is 1. The maximum atomic E-state index is 12.6. The molecule has 1 saturated heterocycles. The van der Waals surface area contributed by atoms with Gasteiger partial charge in [0.1, 0.15) is 5.76 Å². The molecule has 0 bridgehead atoms. The van der Waals surface area contributed by atoms with Gasteiger partial charge < -0.3 is 19.8 Å². The van der Waals surface area contributed by atoms with Crippen LogP contribution in [0.15, 0.2) is 34.7 Å². The molecule has 1 aromatic heterocycles. The summed E-state index contributed by atoms with van der Waals surface area (Å²) in [5.41, 5.74) is 7.07. The van der Waals surface area contributed by atoms with E-state index in [0.717, 1.165) is 5.56 Å². The fourth-order valence-electron chi connectivity index (χ4n) is 2.80. The summed E-state index contributed by atoms with van der Waals surface area (Å²) in [7, 11) is 0. The van der Waals surface area contributed by atoms with Crippen LogP contribution in [-0.4, -0.2) is 36.1 Å². The Bertz CT molecular complexity index is 718. The van der Waals surface area contributed by atoms with E-state index in [0.29, 0.717) is 35.3 Å². The van der Waals surface area contributed by atoms with E-state index in [1.165, 1.54) is 0 Å². The minimum Gasteiger partial charge on any atom is -0.451 e. The molecule has 0 aliphatic carbocycles. The van der Waals surface area contributed by atoms with Gasteiger partial charge in [0.2, 0.25) is 0 Å². The number of benzene rings is 1. The van der Waals surface area contributed by atoms with Crippen LogP contribution in [0.3, 0.4) is 0 Å². The van der Waals surface area contributed by atoms with Crippen molar-refractivity contribution < 1.29 is 13.9 Å². The largest absolute Gasteiger partial charge is 0.451 e. The molecule has 3 rings (SSSR count). The smallest absolute Gasteiger partial charge is 0.289 e. The van der Waals surface area contributed by atoms with Crippen molar-refractivity contribution in [3.8, 4) is 11.3 Å². The summed E-state index contributed by atoms with van der Waals surface area (Å²) >= 11 is 5.92. The molecule has 0 saturated carbocycles. The summed E-state index contributed by atoms with van der Waals surface area (Å²) in [6.45, 7) is 5.04. The minimum atomic E-state index is -0.125. The van der Waals surface area contributed by atoms with E-state index < -0.39 is 0 Å². The van der Waals surface area contributed by atoms with E-state index in [1.807, 2.05) is 19.9 Å². The van der Waals surface area contributed by atoms with Crippen LogP contribution in [-0.2, 0) is 4.74 Å². The fourth-order valence-corrected chi connectivity index (χ4v) is 2.92. The Balaban J connectivity index is 1.81. The van der Waals surface area contributed by atoms with E-state index in [9.17, 15) is 4.79 Å². The van der Waals surface area contributed by atoms with E-state index >= 15 is 0 Å². The zero-order valence-corrected chi connectivity index (χ0v) is 13.8. The molecule has 1 aromatic carbocycles. The highest BCUT2D eigenvalue weighted by Gasteiger charge is 2.28. The lowest BCUT2D eigenvalue weighted by Gasteiger charge is -2.34. The maximum absolute atomic E-state index is 12.6. The van der Waals surface area contributed by atoms with Gasteiger partial charge in [0.05, 0.1) is 22.9 Å². The third-order valence-electron chi connectivity index (χ3n) is 3.80. The SMILES string of the molecule is C[C@H]1CN(C(=O)c2ccc(-c3ccc(Cl)c(N)c3)o2)C[C@H](C)O1. The van der Waals surface area contributed by atoms with E-state index in [-0.39, 0.29) is 18.1 Å². The van der Waals surface area contributed by atoms with Crippen molar-refractivity contribution in [2.75, 3.05) is 18.8 Å². The van der Waals surface area contributed by atoms with Crippen molar-refractivity contribution in [2.24, 2.45) is 0 Å². The Hall–Kier alpha value is -1.98. The molecule has 2 aromatic rings. The van der Waals surface area contributed by atoms with Gasteiger partial charge in [0.15, 0.2) is 5.76 Å². The van der Waals surface area contributed by atoms with Gasteiger partial charge in [-0.05, 0) is 44.2 Å². The molecule has 0 radical (unpaired) electrons. The van der Waals surface area contributed by atoms with Crippen LogP contribution in [0.25, 0.3) is 11.3 Å². The Labute approximate surface area is 140 Å². The van der Waals surface area contributed by atoms with Crippen molar-refractivity contribution in [2.45, 2.75) is 26.1 Å². The Kier molecular flexibility index (Phi) is 4.33. The Morgan fingerprint density at radius 2 is 1.91 bits per heavy atom. The average Bonchev–Trinajstić information content (AvgIpc) is 2.98. The molecule has 6 heteroatoms. The van der Waals surface area contributed by atoms with Gasteiger partial charge in [-0.2, -0.15) is 0 Å². The van der Waals surface area contributed by atoms with E-state index in [4.69, 9.17) is 26.5 Å². The molecular weight excluding hydrogens is 316 g/mol. The number of furan rings is 1. The van der Waals surface area contributed by atoms with E-state index in [1.54, 1.807) is 29.2 Å². The molecule has 122 valence electrons. The molecule has 0 spiro atoms. The highest BCUT2D eigenvalue weighted by molar-refractivity contribution is 6.33. The molecule has 1 amide bonds. The summed E-state index contributed by atoms with van der Waals surface area (Å²) in [6.07, 6.45) is 0.0430. The average molecular weight is 335 g/mol. The monoisotopic (exact) mass is 334 g/mol. The molecule has 5 nitrogen and oxygen atoms in total. The topological polar surface area (TPSA) is 68.7 Å². The van der Waals surface area contributed by atoms with Crippen molar-refractivity contribution in [1.29, 1.82) is 0 Å². The summed E-state index contributed by atoms with van der Waals surface area (Å²) in [4.78, 5) is 14.3. The van der Waals surface area contributed by atoms with Gasteiger partial charge in [-0.1, -0.05) is 11.6 Å². The molecular formula is C17H19ClN2O3. The Morgan fingerprint density at radius 3 is 2.57 bits per heavy atom. The van der Waals surface area contributed by atoms with Gasteiger partial charge >= 0.3 is 0 Å². The number of nitrogens with two attached hydrogens (primary N) is 1. The Morgan fingerprint density at radius 1 is 1.22 bits per heavy atom. The zero-order chi connectivity index (χ0) is 16.6. The molecule has 2 N–H and O–H groups in total. The quantitative estimate of drug-likeness (QED) is 0.854. The van der Waals surface area contributed by atoms with Gasteiger partial charge in [-0.3, -0.25) is 4.79 Å². The first kappa shape index (κ1) is 15.9. The summed E-state index contributed by atoms with van der Waals surface area (Å²) in [5, 5.41) is 0.493. The number of nitrogens with zero attached hydrogens (tertiary/aromatic N) is 1. The van der Waals surface area contributed by atoms with Gasteiger partial charge in [0, 0.05) is 18.7 Å². The number of hydrogen-bond acceptors (Lipinski definition) is 4. The van der Waals surface area contributed by atoms with Crippen molar-refractivity contribution in [3.05, 3.63) is 41.1 Å². The van der Waals surface area contributed by atoms with Crippen molar-refractivity contribution in [1.82, 2.24) is 4.90 Å². The normalized spacial score (nSPS) is 21.4. The van der Waals surface area contributed by atoms with Crippen LogP contribution in [0.5, 0.6) is 0 Å². The van der Waals surface area contributed by atoms with E-state index in [2.05, 4.69) is 0 Å². The number of amides is 1. The third kappa shape index (κ3) is 3.35. The lowest BCUT2D eigenvalue weighted by molar-refractivity contribution is -0.0592. The molecule has 2 heterocycles. The number of ether oxygens (including phenoxy) is 1. The maximum Gasteiger partial charge on any atom is 0.289 e. The number of anilines is 1. The molecule has 23 heavy (non-hydrogen) atoms. The van der Waals surface area contributed by atoms with Crippen LogP contribution in [0.1, 0.15) is 24.4 Å². The number of hydrogen-bond donors (Lipinski definition) is 1. The predicted molar refractivity (Wildman–Crippen MR) is 89.5 cm³/mol. The summed E-state index contributed by atoms with van der Waals surface area (Å²) in [5.74, 6) is 0.779. The summed E-state index contributed by atoms with van der Waals surface area (Å²) in [6, 6.07) is 8.71. The second kappa shape index (κ2) is 6.26. The first-order valence-corrected chi connectivity index (χ1v) is 7.92. The number of morpholine rings is 1. The number of carbonyl (C=O) groups excluding carboxylic acids is 1. The first-order chi connectivity index (χ1) is 10.9. The van der Waals surface area contributed by atoms with Crippen LogP contribution in [0.4, 0.5) is 5.69 Å². The minimum absolute atomic E-state index is 0.0215. The van der Waals surface area contributed by atoms with Crippen molar-refractivity contribution >= 4 is 23.2 Å². The molecule has 1 fully saturated rings. The third-order valence-corrected chi connectivity index (χ3v) is 4.15. The molecule has 0 unspecified atom stereocenters. The van der Waals surface area contributed by atoms with Crippen LogP contribution in [0, 0.1) is 0 Å². The van der Waals surface area contributed by atoms with Gasteiger partial charge in [0.25, 0.3) is 5.91 Å². The second-order valence-corrected chi connectivity index (χ2v) is 6.27. The number of rotatable bonds is 2. The van der Waals surface area contributed by atoms with Gasteiger partial charge in [-0.15, -0.1) is 0 Å². The zero-order valence-electron chi connectivity index (χ0n) is 13.1. The van der Waals surface area contributed by atoms with Crippen molar-refractivity contribution in [3.63, 3.8) is 0 Å². The highest BCUT2D eigenvalue weighted by atomic mass is 35.5. The number of halogens is 1. The second-order valence-electron chi connectivity index (χ2n) is 5.87. The first-order valence-electron chi connectivity index (χ1n) is 7.54. The lowest BCUT2D eigenvalue weighted by Crippen LogP contribution is -2.48. The highest BCUT2D eigenvalue weighted by Crippen LogP contribution is 2.28.